The standard InChI is InChI=1S/C17H34N4O2.HI/c1-4-18-16(19-7-10-23-13-15-5-6-15)20-14-17(2,3)21-8-11-22-12-9-21;/h15H,4-14H2,1-3H3,(H2,18,19,20);1H. The molecule has 2 rings (SSSR count). The third-order valence-corrected chi connectivity index (χ3v) is 4.42. The van der Waals surface area contributed by atoms with Gasteiger partial charge in [-0.2, -0.15) is 0 Å². The molecule has 24 heavy (non-hydrogen) atoms. The van der Waals surface area contributed by atoms with E-state index in [1.54, 1.807) is 0 Å². The van der Waals surface area contributed by atoms with Gasteiger partial charge in [-0.1, -0.05) is 0 Å². The molecule has 0 atom stereocenters. The molecular formula is C17H35IN4O2. The fraction of sp³-hybridized carbons (Fsp3) is 0.941. The maximum atomic E-state index is 5.66. The van der Waals surface area contributed by atoms with Crippen LogP contribution in [0, 0.1) is 5.92 Å². The van der Waals surface area contributed by atoms with Crippen LogP contribution in [0.3, 0.4) is 0 Å². The Balaban J connectivity index is 0.00000288. The number of morpholine rings is 1. The van der Waals surface area contributed by atoms with Crippen molar-refractivity contribution < 1.29 is 9.47 Å². The molecule has 1 aliphatic heterocycles. The number of nitrogens with one attached hydrogen (secondary N) is 2. The lowest BCUT2D eigenvalue weighted by Crippen LogP contribution is -2.52. The lowest BCUT2D eigenvalue weighted by Gasteiger charge is -2.39. The third-order valence-electron chi connectivity index (χ3n) is 4.42. The fourth-order valence-electron chi connectivity index (χ4n) is 2.66. The summed E-state index contributed by atoms with van der Waals surface area (Å²) in [6.45, 7) is 14.3. The van der Waals surface area contributed by atoms with Crippen molar-refractivity contribution in [2.75, 3.05) is 59.2 Å². The first-order valence-corrected chi connectivity index (χ1v) is 9.04. The van der Waals surface area contributed by atoms with Crippen molar-refractivity contribution in [3.05, 3.63) is 0 Å². The minimum Gasteiger partial charge on any atom is -0.379 e. The average Bonchev–Trinajstić information content (AvgIpc) is 3.37. The molecule has 0 spiro atoms. The summed E-state index contributed by atoms with van der Waals surface area (Å²) in [6, 6.07) is 0. The van der Waals surface area contributed by atoms with Gasteiger partial charge < -0.3 is 20.1 Å². The van der Waals surface area contributed by atoms with E-state index in [-0.39, 0.29) is 29.5 Å². The minimum absolute atomic E-state index is 0. The van der Waals surface area contributed by atoms with Gasteiger partial charge in [0.15, 0.2) is 5.96 Å². The second-order valence-electron chi connectivity index (χ2n) is 7.05. The van der Waals surface area contributed by atoms with Crippen LogP contribution in [0.5, 0.6) is 0 Å². The first-order chi connectivity index (χ1) is 11.1. The second kappa shape index (κ2) is 11.5. The van der Waals surface area contributed by atoms with Crippen LogP contribution in [0.1, 0.15) is 33.6 Å². The van der Waals surface area contributed by atoms with Crippen LogP contribution in [0.15, 0.2) is 4.99 Å². The van der Waals surface area contributed by atoms with E-state index < -0.39 is 0 Å². The Bertz CT molecular complexity index is 370. The number of rotatable bonds is 9. The highest BCUT2D eigenvalue weighted by Gasteiger charge is 2.28. The van der Waals surface area contributed by atoms with E-state index >= 15 is 0 Å². The summed E-state index contributed by atoms with van der Waals surface area (Å²) in [7, 11) is 0. The SMILES string of the molecule is CCNC(=NCC(C)(C)N1CCOCC1)NCCOCC1CC1.I. The monoisotopic (exact) mass is 454 g/mol. The zero-order valence-corrected chi connectivity index (χ0v) is 17.8. The van der Waals surface area contributed by atoms with E-state index in [2.05, 4.69) is 36.3 Å². The van der Waals surface area contributed by atoms with Gasteiger partial charge in [-0.05, 0) is 39.5 Å². The predicted molar refractivity (Wildman–Crippen MR) is 109 cm³/mol. The van der Waals surface area contributed by atoms with E-state index in [9.17, 15) is 0 Å². The van der Waals surface area contributed by atoms with Crippen molar-refractivity contribution >= 4 is 29.9 Å². The number of hydrogen-bond acceptors (Lipinski definition) is 4. The van der Waals surface area contributed by atoms with E-state index in [1.807, 2.05) is 0 Å². The molecule has 6 nitrogen and oxygen atoms in total. The van der Waals surface area contributed by atoms with Crippen molar-refractivity contribution in [2.24, 2.45) is 10.9 Å². The summed E-state index contributed by atoms with van der Waals surface area (Å²) in [5.74, 6) is 1.70. The van der Waals surface area contributed by atoms with E-state index in [0.717, 1.165) is 71.0 Å². The van der Waals surface area contributed by atoms with Crippen molar-refractivity contribution in [1.29, 1.82) is 0 Å². The van der Waals surface area contributed by atoms with E-state index in [1.165, 1.54) is 12.8 Å². The van der Waals surface area contributed by atoms with E-state index in [4.69, 9.17) is 14.5 Å². The number of nitrogens with zero attached hydrogens (tertiary/aromatic N) is 2. The van der Waals surface area contributed by atoms with Crippen molar-refractivity contribution in [2.45, 2.75) is 39.2 Å². The van der Waals surface area contributed by atoms with Crippen LogP contribution in [-0.4, -0.2) is 75.5 Å². The molecule has 0 amide bonds. The molecule has 2 N–H and O–H groups in total. The molecule has 0 radical (unpaired) electrons. The van der Waals surface area contributed by atoms with Crippen molar-refractivity contribution in [1.82, 2.24) is 15.5 Å². The average molecular weight is 454 g/mol. The first-order valence-electron chi connectivity index (χ1n) is 9.04. The van der Waals surface area contributed by atoms with Gasteiger partial charge >= 0.3 is 0 Å². The second-order valence-corrected chi connectivity index (χ2v) is 7.05. The molecule has 0 aromatic heterocycles. The van der Waals surface area contributed by atoms with Crippen molar-refractivity contribution in [3.8, 4) is 0 Å². The summed E-state index contributed by atoms with van der Waals surface area (Å²) in [5.41, 5.74) is 0.0502. The lowest BCUT2D eigenvalue weighted by molar-refractivity contribution is -0.00684. The largest absolute Gasteiger partial charge is 0.379 e. The molecule has 2 fully saturated rings. The highest BCUT2D eigenvalue weighted by molar-refractivity contribution is 14.0. The maximum absolute atomic E-state index is 5.66. The van der Waals surface area contributed by atoms with Gasteiger partial charge in [0.05, 0.1) is 26.4 Å². The Morgan fingerprint density at radius 1 is 1.25 bits per heavy atom. The molecule has 0 unspecified atom stereocenters. The molecule has 0 aromatic carbocycles. The fourth-order valence-corrected chi connectivity index (χ4v) is 2.66. The predicted octanol–water partition coefficient (Wildman–Crippen LogP) is 1.70. The Labute approximate surface area is 164 Å². The van der Waals surface area contributed by atoms with Gasteiger partial charge in [-0.3, -0.25) is 9.89 Å². The zero-order valence-electron chi connectivity index (χ0n) is 15.5. The molecule has 1 saturated heterocycles. The van der Waals surface area contributed by atoms with Gasteiger partial charge in [0, 0.05) is 38.3 Å². The van der Waals surface area contributed by atoms with Gasteiger partial charge in [-0.25, -0.2) is 0 Å². The van der Waals surface area contributed by atoms with Crippen LogP contribution in [0.4, 0.5) is 0 Å². The van der Waals surface area contributed by atoms with E-state index in [0.29, 0.717) is 0 Å². The van der Waals surface area contributed by atoms with Crippen LogP contribution in [0.2, 0.25) is 0 Å². The molecular weight excluding hydrogens is 419 g/mol. The Morgan fingerprint density at radius 2 is 1.96 bits per heavy atom. The van der Waals surface area contributed by atoms with Crippen LogP contribution in [-0.2, 0) is 9.47 Å². The summed E-state index contributed by atoms with van der Waals surface area (Å²) >= 11 is 0. The van der Waals surface area contributed by atoms with Gasteiger partial charge in [0.1, 0.15) is 0 Å². The maximum Gasteiger partial charge on any atom is 0.191 e. The third kappa shape index (κ3) is 8.31. The number of halogens is 1. The van der Waals surface area contributed by atoms with Gasteiger partial charge in [0.2, 0.25) is 0 Å². The lowest BCUT2D eigenvalue weighted by atomic mass is 10.0. The van der Waals surface area contributed by atoms with Gasteiger partial charge in [0.25, 0.3) is 0 Å². The first kappa shape index (κ1) is 21.9. The number of guanidine groups is 1. The topological polar surface area (TPSA) is 58.1 Å². The van der Waals surface area contributed by atoms with Crippen LogP contribution in [0.25, 0.3) is 0 Å². The van der Waals surface area contributed by atoms with Gasteiger partial charge in [-0.15, -0.1) is 24.0 Å². The zero-order chi connectivity index (χ0) is 16.5. The number of hydrogen-bond donors (Lipinski definition) is 2. The Hall–Kier alpha value is -0.120. The molecule has 1 heterocycles. The molecule has 1 aliphatic carbocycles. The van der Waals surface area contributed by atoms with Crippen molar-refractivity contribution in [3.63, 3.8) is 0 Å². The minimum atomic E-state index is 0. The molecule has 0 aromatic rings. The Kier molecular flexibility index (Phi) is 10.5. The quantitative estimate of drug-likeness (QED) is 0.241. The molecule has 0 bridgehead atoms. The Morgan fingerprint density at radius 3 is 2.58 bits per heavy atom. The number of ether oxygens (including phenoxy) is 2. The highest BCUT2D eigenvalue weighted by Crippen LogP contribution is 2.28. The summed E-state index contributed by atoms with van der Waals surface area (Å²) < 4.78 is 11.1. The van der Waals surface area contributed by atoms with Crippen LogP contribution < -0.4 is 10.6 Å². The smallest absolute Gasteiger partial charge is 0.191 e. The molecule has 2 aliphatic rings. The molecule has 142 valence electrons. The summed E-state index contributed by atoms with van der Waals surface area (Å²) in [4.78, 5) is 7.22. The summed E-state index contributed by atoms with van der Waals surface area (Å²) in [6.07, 6.45) is 2.68. The molecule has 7 heteroatoms. The number of aliphatic imine (C=N–C) groups is 1. The van der Waals surface area contributed by atoms with Crippen LogP contribution >= 0.6 is 24.0 Å². The highest BCUT2D eigenvalue weighted by atomic mass is 127. The normalized spacial score (nSPS) is 19.7. The summed E-state index contributed by atoms with van der Waals surface area (Å²) in [5, 5.41) is 6.67. The molecule has 1 saturated carbocycles.